The average molecular weight is 1820 g/mol. The number of methoxy groups -OCH3 is 2. The van der Waals surface area contributed by atoms with Gasteiger partial charge in [-0.2, -0.15) is 0 Å². The number of carbonyl (C=O) groups is 10. The minimum Gasteiger partial charge on any atom is -0.480 e. The van der Waals surface area contributed by atoms with E-state index in [1.165, 1.54) is 51.1 Å². The van der Waals surface area contributed by atoms with Crippen molar-refractivity contribution >= 4 is 180 Å². The molecule has 0 radical (unpaired) electrons. The van der Waals surface area contributed by atoms with Crippen molar-refractivity contribution < 1.29 is 57.4 Å². The van der Waals surface area contributed by atoms with Gasteiger partial charge in [-0.1, -0.05) is 58.9 Å². The molecular weight excluding hydrogens is 1720 g/mol. The maximum Gasteiger partial charge on any atom is 0.313 e. The van der Waals surface area contributed by atoms with Crippen LogP contribution in [0.1, 0.15) is 203 Å². The molecule has 129 heavy (non-hydrogen) atoms. The van der Waals surface area contributed by atoms with Crippen LogP contribution in [0.5, 0.6) is 11.8 Å². The summed E-state index contributed by atoms with van der Waals surface area (Å²) >= 11 is 6.56. The molecule has 12 heterocycles. The van der Waals surface area contributed by atoms with Crippen molar-refractivity contribution in [3.8, 4) is 11.8 Å². The smallest absolute Gasteiger partial charge is 0.313 e. The number of nitrogens with zero attached hydrogens (tertiary/aromatic N) is 12. The number of fused-ring (bicyclic) bond motifs is 4. The van der Waals surface area contributed by atoms with E-state index >= 15 is 0 Å². The molecule has 5 aliphatic rings. The Kier molecular flexibility index (Phi) is 28.6. The molecule has 4 saturated heterocycles. The number of likely N-dealkylation sites (tertiary alicyclic amines) is 4. The lowest BCUT2D eigenvalue weighted by Crippen LogP contribution is -2.46. The number of nitrogens with one attached hydrogen (secondary N) is 4. The van der Waals surface area contributed by atoms with E-state index in [-0.39, 0.29) is 70.3 Å². The molecule has 672 valence electrons. The number of amides is 10. The van der Waals surface area contributed by atoms with Gasteiger partial charge in [-0.15, -0.1) is 45.3 Å². The summed E-state index contributed by atoms with van der Waals surface area (Å²) in [6, 6.07) is 30.0. The van der Waals surface area contributed by atoms with E-state index in [2.05, 4.69) is 125 Å². The first kappa shape index (κ1) is 92.1. The first-order chi connectivity index (χ1) is 61.8. The molecule has 36 heteroatoms. The minimum absolute atomic E-state index is 0.0130. The number of rotatable bonds is 14. The number of aromatic nitrogens is 8. The van der Waals surface area contributed by atoms with Gasteiger partial charge < -0.3 is 73.3 Å². The number of pyridine rings is 4. The number of piperidine rings is 4. The number of anilines is 6. The topological polar surface area (TPSA) is 457 Å². The summed E-state index contributed by atoms with van der Waals surface area (Å²) in [7, 11) is 2.72. The minimum atomic E-state index is -0.804. The van der Waals surface area contributed by atoms with Gasteiger partial charge in [0.2, 0.25) is 11.8 Å². The Morgan fingerprint density at radius 3 is 0.938 bits per heavy atom. The van der Waals surface area contributed by atoms with Crippen LogP contribution < -0.4 is 53.7 Å². The summed E-state index contributed by atoms with van der Waals surface area (Å²) in [5, 5.41) is 14.5. The zero-order chi connectivity index (χ0) is 91.9. The fraction of sp³-hybridized carbons (Fsp3) is 0.376. The third kappa shape index (κ3) is 21.7. The summed E-state index contributed by atoms with van der Waals surface area (Å²) in [6.07, 6.45) is 15.5. The summed E-state index contributed by atoms with van der Waals surface area (Å²) in [5.41, 5.74) is 33.3. The molecule has 1 saturated carbocycles. The number of hydrogen-bond acceptors (Lipinski definition) is 26. The van der Waals surface area contributed by atoms with E-state index in [1.807, 2.05) is 77.1 Å². The molecule has 8 atom stereocenters. The molecule has 12 aromatic rings. The van der Waals surface area contributed by atoms with Crippen molar-refractivity contribution in [3.63, 3.8) is 0 Å². The highest BCUT2D eigenvalue weighted by molar-refractivity contribution is 7.19. The predicted octanol–water partition coefficient (Wildman–Crippen LogP) is 14.6. The van der Waals surface area contributed by atoms with Crippen LogP contribution in [0.25, 0.3) is 40.9 Å². The Morgan fingerprint density at radius 2 is 0.659 bits per heavy atom. The van der Waals surface area contributed by atoms with Gasteiger partial charge in [0.1, 0.15) is 22.8 Å². The number of carbonyl (C=O) groups excluding carboxylic acids is 10. The van der Waals surface area contributed by atoms with Crippen molar-refractivity contribution in [1.82, 2.24) is 59.5 Å². The van der Waals surface area contributed by atoms with Crippen LogP contribution in [0, 0.1) is 51.4 Å². The zero-order valence-corrected chi connectivity index (χ0v) is 76.8. The quantitative estimate of drug-likeness (QED) is 0.0469. The maximum absolute atomic E-state index is 13.3. The number of thiazole rings is 4. The number of benzene rings is 4. The summed E-state index contributed by atoms with van der Waals surface area (Å²) in [4.78, 5) is 169. The highest BCUT2D eigenvalue weighted by Crippen LogP contribution is 2.45. The second kappa shape index (κ2) is 40.1. The van der Waals surface area contributed by atoms with Crippen LogP contribution in [0.2, 0.25) is 0 Å². The number of primary amides is 2. The third-order valence-electron chi connectivity index (χ3n) is 23.7. The van der Waals surface area contributed by atoms with Crippen LogP contribution in [-0.2, 0) is 44.8 Å². The lowest BCUT2D eigenvalue weighted by atomic mass is 9.89. The van der Waals surface area contributed by atoms with Crippen molar-refractivity contribution in [2.75, 3.05) is 73.1 Å². The van der Waals surface area contributed by atoms with Crippen molar-refractivity contribution in [3.05, 3.63) is 186 Å². The number of nitrogens with two attached hydrogens (primary N) is 4. The first-order valence-corrected chi connectivity index (χ1v) is 46.2. The molecule has 4 aliphatic heterocycles. The Morgan fingerprint density at radius 1 is 0.380 bits per heavy atom. The Hall–Kier alpha value is -13.1. The highest BCUT2D eigenvalue weighted by Gasteiger charge is 2.40. The normalized spacial score (nSPS) is 19.1. The Bertz CT molecular complexity index is 6140. The van der Waals surface area contributed by atoms with Gasteiger partial charge in [0.15, 0.2) is 0 Å². The van der Waals surface area contributed by atoms with E-state index in [1.54, 1.807) is 71.0 Å². The second-order valence-corrected chi connectivity index (χ2v) is 38.6. The standard InChI is InChI=1S/C24H27N5O2S.2C23H25N5O4S.C23H27N5O2S/c1-13-3-7-20(16-6-8-21-19(9-16)27-14(2)32-21)29(12-13)24(31)23(30)28-17-10-18(15-4-5-15)22(25)26-11-17;2*1-12-4-6-18(14-5-7-19-17(8-14)26-13(2)33-19)28(11-12)23(31)21(30)27-15-9-16(20(24)29)22(32-3)25-10-15;1-4-15-9-17(11-25-21(15)24)27-22(29)23(30)28-12-13(2)5-7-19(28)16-6-8-20-18(10-16)26-14(3)31-20/h6,8-11,13,15,20H,3-5,7,12H2,1-2H3,(H2,25,26)(H,28,30);2*5,7-10,12,18H,4,6,11H2,1-3H3,(H2,24,29)(H,27,30);6,8-11,13,19H,4-5,7,12H2,1-3H3,(H2,24,25)(H,27,29)/t13-,20+;2*12-,18+;13-,19+/m0101/s1. The van der Waals surface area contributed by atoms with E-state index < -0.39 is 59.1 Å². The number of ether oxygens (including phenoxy) is 2. The molecule has 8 aromatic heterocycles. The molecule has 10 amide bonds. The Labute approximate surface area is 761 Å². The molecular formula is C93H104N20O12S4. The van der Waals surface area contributed by atoms with E-state index in [0.717, 1.165) is 158 Å². The van der Waals surface area contributed by atoms with Crippen molar-refractivity contribution in [2.24, 2.45) is 35.1 Å². The van der Waals surface area contributed by atoms with Gasteiger partial charge in [-0.3, -0.25) is 47.9 Å². The van der Waals surface area contributed by atoms with Gasteiger partial charge in [-0.05, 0) is 234 Å². The second-order valence-electron chi connectivity index (χ2n) is 33.7. The predicted molar refractivity (Wildman–Crippen MR) is 501 cm³/mol. The largest absolute Gasteiger partial charge is 0.480 e. The number of nitrogen functional groups attached to an aromatic ring is 2. The molecule has 17 rings (SSSR count). The first-order valence-electron chi connectivity index (χ1n) is 42.9. The molecule has 0 bridgehead atoms. The van der Waals surface area contributed by atoms with Crippen molar-refractivity contribution in [2.45, 2.75) is 163 Å². The van der Waals surface area contributed by atoms with Crippen LogP contribution in [0.3, 0.4) is 0 Å². The lowest BCUT2D eigenvalue weighted by molar-refractivity contribution is -0.146. The van der Waals surface area contributed by atoms with Crippen LogP contribution in [0.4, 0.5) is 34.4 Å². The summed E-state index contributed by atoms with van der Waals surface area (Å²) in [5.74, 6) is -4.07. The fourth-order valence-corrected chi connectivity index (χ4v) is 20.3. The van der Waals surface area contributed by atoms with Crippen LogP contribution in [0.15, 0.2) is 122 Å². The van der Waals surface area contributed by atoms with E-state index in [9.17, 15) is 47.9 Å². The SMILES string of the molecule is CCc1cc(NC(=O)C(=O)N2C[C@H](C)CC[C@H]2c2ccc3sc(C)nc3c2)cnc1N.COc1ncc(NC(=O)C(=O)N2C[C@@H](C)CC[C@@H]2c2ccc3sc(C)nc3c2)cc1C(N)=O.COc1ncc(NC(=O)C(=O)N2C[C@H](C)CC[C@H]2c2ccc3sc(C)nc3c2)cc1C(N)=O.Cc1nc2cc([C@H]3CC[C@H](C)CN3C(=O)C(=O)Nc3cnc(N)c(C4CC4)c3)ccc2s1. The number of aryl methyl sites for hydroxylation is 5. The fourth-order valence-electron chi connectivity index (χ4n) is 17.1. The van der Waals surface area contributed by atoms with E-state index in [4.69, 9.17) is 32.4 Å². The summed E-state index contributed by atoms with van der Waals surface area (Å²) < 4.78 is 14.5. The van der Waals surface area contributed by atoms with Gasteiger partial charge in [0, 0.05) is 26.2 Å². The monoisotopic (exact) mass is 1820 g/mol. The molecule has 12 N–H and O–H groups in total. The molecule has 5 fully saturated rings. The molecule has 4 aromatic carbocycles. The number of hydrogen-bond donors (Lipinski definition) is 8. The van der Waals surface area contributed by atoms with Gasteiger partial charge in [0.25, 0.3) is 11.8 Å². The molecule has 0 unspecified atom stereocenters. The van der Waals surface area contributed by atoms with Gasteiger partial charge in [-0.25, -0.2) is 39.9 Å². The lowest BCUT2D eigenvalue weighted by Gasteiger charge is -2.38. The zero-order valence-electron chi connectivity index (χ0n) is 73.6. The third-order valence-corrected chi connectivity index (χ3v) is 27.5. The molecule has 32 nitrogen and oxygen atoms in total. The van der Waals surface area contributed by atoms with E-state index in [0.29, 0.717) is 73.4 Å². The Balaban J connectivity index is 0.000000139. The average Bonchev–Trinajstić information content (AvgIpc) is 1.78. The van der Waals surface area contributed by atoms with Crippen LogP contribution >= 0.6 is 45.3 Å². The summed E-state index contributed by atoms with van der Waals surface area (Å²) in [6.45, 7) is 20.3. The highest BCUT2D eigenvalue weighted by atomic mass is 32.1. The van der Waals surface area contributed by atoms with Crippen LogP contribution in [-0.4, -0.2) is 159 Å². The van der Waals surface area contributed by atoms with Crippen molar-refractivity contribution in [1.29, 1.82) is 0 Å². The molecule has 1 aliphatic carbocycles. The molecule has 0 spiro atoms. The maximum atomic E-state index is 13.3. The van der Waals surface area contributed by atoms with Gasteiger partial charge >= 0.3 is 47.3 Å². The van der Waals surface area contributed by atoms with Gasteiger partial charge in [0.05, 0.1) is 147 Å².